The SMILES string of the molecule is FC1(F)[OH+]C1(F)F. The van der Waals surface area contributed by atoms with Crippen LogP contribution in [0.1, 0.15) is 0 Å². The first kappa shape index (κ1) is 4.83. The van der Waals surface area contributed by atoms with E-state index in [1.165, 1.54) is 0 Å². The van der Waals surface area contributed by atoms with Gasteiger partial charge < -0.3 is 0 Å². The lowest BCUT2D eigenvalue weighted by molar-refractivity contribution is -0.0961. The van der Waals surface area contributed by atoms with E-state index in [9.17, 15) is 17.6 Å². The van der Waals surface area contributed by atoms with Crippen molar-refractivity contribution in [2.75, 3.05) is 0 Å². The lowest BCUT2D eigenvalue weighted by atomic mass is 10.8. The highest BCUT2D eigenvalue weighted by Crippen LogP contribution is 2.49. The third-order valence-corrected chi connectivity index (χ3v) is 0.593. The predicted molar refractivity (Wildman–Crippen MR) is 12.1 cm³/mol. The maximum Gasteiger partial charge on any atom is 0.627 e. The molecular formula is C2HF4O+. The average molecular weight is 117 g/mol. The Morgan fingerprint density at radius 1 is 0.857 bits per heavy atom. The van der Waals surface area contributed by atoms with Crippen LogP contribution in [-0.2, 0) is 0 Å². The summed E-state index contributed by atoms with van der Waals surface area (Å²) in [5, 5.41) is 0. The minimum atomic E-state index is -4.06. The van der Waals surface area contributed by atoms with Crippen LogP contribution in [0.2, 0.25) is 0 Å². The first-order valence-corrected chi connectivity index (χ1v) is 1.45. The minimum absolute atomic E-state index is 1.65. The highest BCUT2D eigenvalue weighted by molar-refractivity contribution is 4.78. The molecule has 0 saturated carbocycles. The molecule has 0 aromatic carbocycles. The van der Waals surface area contributed by atoms with Gasteiger partial charge in [-0.15, -0.1) is 17.6 Å². The van der Waals surface area contributed by atoms with Crippen molar-refractivity contribution < 1.29 is 22.3 Å². The Morgan fingerprint density at radius 3 is 1.00 bits per heavy atom. The fourth-order valence-corrected chi connectivity index (χ4v) is 0.148. The smallest absolute Gasteiger partial charge is 0.293 e. The van der Waals surface area contributed by atoms with Crippen LogP contribution in [0.5, 0.6) is 0 Å². The van der Waals surface area contributed by atoms with Gasteiger partial charge in [0.15, 0.2) is 0 Å². The first-order valence-electron chi connectivity index (χ1n) is 1.45. The van der Waals surface area contributed by atoms with Crippen LogP contribution in [0.15, 0.2) is 0 Å². The summed E-state index contributed by atoms with van der Waals surface area (Å²) in [5.41, 5.74) is 0. The molecule has 1 aliphatic heterocycles. The second-order valence-corrected chi connectivity index (χ2v) is 1.19. The van der Waals surface area contributed by atoms with Crippen molar-refractivity contribution in [2.45, 2.75) is 12.2 Å². The third kappa shape index (κ3) is 0.478. The first-order chi connectivity index (χ1) is 2.96. The highest BCUT2D eigenvalue weighted by atomic mass is 19.4. The van der Waals surface area contributed by atoms with E-state index in [0.29, 0.717) is 0 Å². The van der Waals surface area contributed by atoms with Crippen LogP contribution in [0, 0.1) is 0 Å². The number of hydrogen-bond donors (Lipinski definition) is 0. The molecule has 1 aliphatic rings. The zero-order chi connectivity index (χ0) is 5.71. The van der Waals surface area contributed by atoms with Gasteiger partial charge in [-0.25, -0.2) is 0 Å². The molecule has 0 aromatic heterocycles. The van der Waals surface area contributed by atoms with Gasteiger partial charge in [-0.2, -0.15) is 0 Å². The van der Waals surface area contributed by atoms with Crippen molar-refractivity contribution >= 4 is 0 Å². The summed E-state index contributed by atoms with van der Waals surface area (Å²) in [7, 11) is 0. The predicted octanol–water partition coefficient (Wildman–Crippen LogP) is 0.714. The summed E-state index contributed by atoms with van der Waals surface area (Å²) in [6.45, 7) is 0. The van der Waals surface area contributed by atoms with E-state index < -0.39 is 12.2 Å². The van der Waals surface area contributed by atoms with Crippen LogP contribution in [0.25, 0.3) is 0 Å². The van der Waals surface area contributed by atoms with Crippen molar-refractivity contribution in [1.82, 2.24) is 0 Å². The third-order valence-electron chi connectivity index (χ3n) is 0.593. The number of alkyl halides is 4. The molecule has 7 heavy (non-hydrogen) atoms. The fourth-order valence-electron chi connectivity index (χ4n) is 0.148. The maximum atomic E-state index is 11.0. The highest BCUT2D eigenvalue weighted by Gasteiger charge is 2.91. The van der Waals surface area contributed by atoms with Crippen LogP contribution in [0.4, 0.5) is 17.6 Å². The fraction of sp³-hybridized carbons (Fsp3) is 1.00. The molecule has 1 saturated heterocycles. The van der Waals surface area contributed by atoms with E-state index in [1.807, 2.05) is 0 Å². The molecule has 0 unspecified atom stereocenters. The number of epoxide rings is 1. The van der Waals surface area contributed by atoms with Crippen LogP contribution in [-0.4, -0.2) is 17.0 Å². The Bertz CT molecular complexity index is 85.9. The molecule has 1 heterocycles. The average Bonchev–Trinajstić information content (AvgIpc) is 1.63. The van der Waals surface area contributed by atoms with Gasteiger partial charge in [0.2, 0.25) is 0 Å². The number of hydrogen-bond acceptors (Lipinski definition) is 0. The molecule has 0 spiro atoms. The summed E-state index contributed by atoms with van der Waals surface area (Å²) in [5.74, 6) is 0. The Hall–Kier alpha value is -0.320. The van der Waals surface area contributed by atoms with Crippen molar-refractivity contribution in [3.63, 3.8) is 0 Å². The van der Waals surface area contributed by atoms with E-state index in [1.54, 1.807) is 4.74 Å². The Balaban J connectivity index is 2.59. The van der Waals surface area contributed by atoms with Crippen LogP contribution >= 0.6 is 0 Å². The summed E-state index contributed by atoms with van der Waals surface area (Å²) in [6.07, 6.45) is -8.12. The molecule has 1 N–H and O–H groups in total. The lowest BCUT2D eigenvalue weighted by Crippen LogP contribution is -2.02. The van der Waals surface area contributed by atoms with E-state index in [4.69, 9.17) is 0 Å². The summed E-state index contributed by atoms with van der Waals surface area (Å²) in [4.78, 5) is 0. The topological polar surface area (TPSA) is 12.8 Å². The molecule has 1 rings (SSSR count). The van der Waals surface area contributed by atoms with E-state index in [-0.39, 0.29) is 0 Å². The van der Waals surface area contributed by atoms with Crippen molar-refractivity contribution in [2.24, 2.45) is 0 Å². The van der Waals surface area contributed by atoms with Gasteiger partial charge in [0, 0.05) is 0 Å². The molecular weight excluding hydrogens is 116 g/mol. The number of rotatable bonds is 0. The number of halogens is 4. The molecule has 1 nitrogen and oxygen atoms in total. The molecule has 0 amide bonds. The maximum absolute atomic E-state index is 11.0. The van der Waals surface area contributed by atoms with Crippen molar-refractivity contribution in [3.8, 4) is 0 Å². The minimum Gasteiger partial charge on any atom is -0.293 e. The number of aliphatic hydroxyl groups is 2. The molecule has 5 heteroatoms. The molecule has 0 aromatic rings. The Morgan fingerprint density at radius 2 is 1.00 bits per heavy atom. The summed E-state index contributed by atoms with van der Waals surface area (Å²) in [6, 6.07) is 0. The van der Waals surface area contributed by atoms with E-state index >= 15 is 0 Å². The van der Waals surface area contributed by atoms with Gasteiger partial charge in [0.05, 0.1) is 0 Å². The monoisotopic (exact) mass is 117 g/mol. The second kappa shape index (κ2) is 0.774. The molecule has 1 fully saturated rings. The standard InChI is InChI=1S/C2F4O/c3-1(4)2(5,6)7-1/p+1. The quantitative estimate of drug-likeness (QED) is 0.252. The molecule has 0 radical (unpaired) electrons. The van der Waals surface area contributed by atoms with Crippen LogP contribution in [0.3, 0.4) is 0 Å². The van der Waals surface area contributed by atoms with Gasteiger partial charge in [-0.1, -0.05) is 0 Å². The van der Waals surface area contributed by atoms with E-state index in [0.717, 1.165) is 0 Å². The largest absolute Gasteiger partial charge is 0.627 e. The van der Waals surface area contributed by atoms with Gasteiger partial charge in [-0.05, 0) is 0 Å². The van der Waals surface area contributed by atoms with Crippen molar-refractivity contribution in [1.29, 1.82) is 0 Å². The van der Waals surface area contributed by atoms with Crippen LogP contribution < -0.4 is 0 Å². The molecule has 0 atom stereocenters. The van der Waals surface area contributed by atoms with Gasteiger partial charge in [0.25, 0.3) is 0 Å². The normalized spacial score (nSPS) is 32.6. The Kier molecular flexibility index (Phi) is 0.534. The molecule has 42 valence electrons. The second-order valence-electron chi connectivity index (χ2n) is 1.19. The van der Waals surface area contributed by atoms with Gasteiger partial charge >= 0.3 is 12.2 Å². The number of ether oxygens (including phenoxy) is 1. The van der Waals surface area contributed by atoms with Gasteiger partial charge in [0.1, 0.15) is 0 Å². The molecule has 0 aliphatic carbocycles. The van der Waals surface area contributed by atoms with Crippen molar-refractivity contribution in [3.05, 3.63) is 0 Å². The zero-order valence-corrected chi connectivity index (χ0v) is 2.96. The van der Waals surface area contributed by atoms with Gasteiger partial charge in [-0.3, -0.25) is 4.74 Å². The summed E-state index contributed by atoms with van der Waals surface area (Å²) < 4.78 is 45.6. The lowest BCUT2D eigenvalue weighted by Gasteiger charge is -1.66. The molecule has 0 bridgehead atoms. The zero-order valence-electron chi connectivity index (χ0n) is 2.96. The van der Waals surface area contributed by atoms with E-state index in [2.05, 4.69) is 0 Å². The Labute approximate surface area is 35.9 Å². The summed E-state index contributed by atoms with van der Waals surface area (Å²) >= 11 is 0.